The molecule has 0 aliphatic carbocycles. The van der Waals surface area contributed by atoms with Gasteiger partial charge in [-0.3, -0.25) is 0 Å². The Hall–Kier alpha value is -3.85. The van der Waals surface area contributed by atoms with E-state index in [1.807, 2.05) is 13.2 Å². The molecule has 0 spiro atoms. The fraction of sp³-hybridized carbons (Fsp3) is 0.286. The second kappa shape index (κ2) is 8.87. The van der Waals surface area contributed by atoms with Gasteiger partial charge in [0, 0.05) is 16.5 Å². The molecule has 0 aliphatic heterocycles. The number of benzene rings is 3. The molecule has 38 heavy (non-hydrogen) atoms. The Morgan fingerprint density at radius 1 is 0.868 bits per heavy atom. The lowest BCUT2D eigenvalue weighted by atomic mass is 9.82. The number of fused-ring (bicyclic) bond motifs is 3. The van der Waals surface area contributed by atoms with E-state index in [-0.39, 0.29) is 5.41 Å². The van der Waals surface area contributed by atoms with Gasteiger partial charge in [-0.1, -0.05) is 71.0 Å². The van der Waals surface area contributed by atoms with E-state index in [0.717, 1.165) is 56.5 Å². The van der Waals surface area contributed by atoms with Gasteiger partial charge in [0.25, 0.3) is 0 Å². The molecule has 0 radical (unpaired) electrons. The maximum atomic E-state index is 6.24. The van der Waals surface area contributed by atoms with Crippen LogP contribution >= 0.6 is 0 Å². The molecule has 0 saturated heterocycles. The van der Waals surface area contributed by atoms with Crippen LogP contribution < -0.4 is 0 Å². The van der Waals surface area contributed by atoms with Crippen LogP contribution in [0, 0.1) is 19.8 Å². The van der Waals surface area contributed by atoms with E-state index in [1.54, 1.807) is 0 Å². The van der Waals surface area contributed by atoms with Gasteiger partial charge in [0.2, 0.25) is 5.71 Å². The van der Waals surface area contributed by atoms with Crippen molar-refractivity contribution in [1.82, 2.24) is 4.98 Å². The summed E-state index contributed by atoms with van der Waals surface area (Å²) in [5.41, 5.74) is 9.64. The lowest BCUT2D eigenvalue weighted by Crippen LogP contribution is -2.12. The van der Waals surface area contributed by atoms with E-state index in [0.29, 0.717) is 11.6 Å². The van der Waals surface area contributed by atoms with Gasteiger partial charge in [0.05, 0.1) is 17.3 Å². The highest BCUT2D eigenvalue weighted by molar-refractivity contribution is 6.06. The number of hydrogen-bond donors (Lipinski definition) is 0. The number of hydrogen-bond acceptors (Lipinski definition) is 3. The van der Waals surface area contributed by atoms with Gasteiger partial charge in [-0.15, -0.1) is 0 Å². The van der Waals surface area contributed by atoms with Crippen LogP contribution in [-0.4, -0.2) is 4.98 Å². The number of furan rings is 2. The summed E-state index contributed by atoms with van der Waals surface area (Å²) in [7, 11) is 0. The third-order valence-corrected chi connectivity index (χ3v) is 7.72. The topological polar surface area (TPSA) is 39.2 Å². The lowest BCUT2D eigenvalue weighted by Gasteiger charge is -2.23. The fourth-order valence-electron chi connectivity index (χ4n) is 5.75. The van der Waals surface area contributed by atoms with Crippen molar-refractivity contribution in [3.05, 3.63) is 89.4 Å². The van der Waals surface area contributed by atoms with Crippen molar-refractivity contribution < 1.29 is 8.83 Å². The minimum atomic E-state index is -0.00436. The number of nitrogens with zero attached hydrogens (tertiary/aromatic N) is 1. The average Bonchev–Trinajstić information content (AvgIpc) is 3.47. The minimum Gasteiger partial charge on any atom is -0.464 e. The Labute approximate surface area is 224 Å². The normalized spacial score (nSPS) is 12.4. The molecule has 0 atom stereocenters. The first-order chi connectivity index (χ1) is 18.1. The summed E-state index contributed by atoms with van der Waals surface area (Å²) in [4.78, 5) is 5.08. The van der Waals surface area contributed by atoms with Crippen molar-refractivity contribution in [3.8, 4) is 22.4 Å². The molecular weight excluding hydrogens is 466 g/mol. The van der Waals surface area contributed by atoms with Crippen LogP contribution in [0.2, 0.25) is 0 Å². The van der Waals surface area contributed by atoms with E-state index >= 15 is 0 Å². The number of rotatable bonds is 4. The zero-order valence-corrected chi connectivity index (χ0v) is 23.4. The van der Waals surface area contributed by atoms with E-state index in [4.69, 9.17) is 13.8 Å². The SMILES string of the molecule is Cc1oc2nc(-c3cc(C(C)(C)C)c4ccccc4c3)cc(-c3ccc(CC(C)C)c4occc34)c2c1C. The molecule has 0 aliphatic rings. The van der Waals surface area contributed by atoms with E-state index in [9.17, 15) is 0 Å². The molecule has 3 heterocycles. The highest BCUT2D eigenvalue weighted by Crippen LogP contribution is 2.42. The number of aromatic nitrogens is 1. The van der Waals surface area contributed by atoms with Gasteiger partial charge in [0.15, 0.2) is 0 Å². The predicted octanol–water partition coefficient (Wildman–Crippen LogP) is 10.2. The molecule has 3 aromatic heterocycles. The van der Waals surface area contributed by atoms with Crippen molar-refractivity contribution in [2.24, 2.45) is 5.92 Å². The van der Waals surface area contributed by atoms with Crippen molar-refractivity contribution >= 4 is 32.8 Å². The van der Waals surface area contributed by atoms with Crippen LogP contribution in [0.15, 0.2) is 75.8 Å². The maximum absolute atomic E-state index is 6.24. The van der Waals surface area contributed by atoms with E-state index in [2.05, 4.69) is 102 Å². The first-order valence-electron chi connectivity index (χ1n) is 13.6. The Morgan fingerprint density at radius 3 is 2.42 bits per heavy atom. The van der Waals surface area contributed by atoms with Gasteiger partial charge in [-0.25, -0.2) is 4.98 Å². The van der Waals surface area contributed by atoms with E-state index < -0.39 is 0 Å². The predicted molar refractivity (Wildman–Crippen MR) is 159 cm³/mol. The smallest absolute Gasteiger partial charge is 0.227 e. The zero-order valence-electron chi connectivity index (χ0n) is 23.4. The molecule has 0 saturated carbocycles. The molecule has 0 amide bonds. The molecule has 0 bridgehead atoms. The summed E-state index contributed by atoms with van der Waals surface area (Å²) in [6.45, 7) is 15.5. The maximum Gasteiger partial charge on any atom is 0.227 e. The summed E-state index contributed by atoms with van der Waals surface area (Å²) >= 11 is 0. The molecular formula is C35H35NO2. The Bertz CT molecular complexity index is 1820. The van der Waals surface area contributed by atoms with E-state index in [1.165, 1.54) is 21.9 Å². The summed E-state index contributed by atoms with van der Waals surface area (Å²) in [5, 5.41) is 4.71. The summed E-state index contributed by atoms with van der Waals surface area (Å²) in [6.07, 6.45) is 2.79. The van der Waals surface area contributed by atoms with Crippen LogP contribution in [0.5, 0.6) is 0 Å². The third kappa shape index (κ3) is 4.01. The average molecular weight is 502 g/mol. The van der Waals surface area contributed by atoms with Gasteiger partial charge >= 0.3 is 0 Å². The first kappa shape index (κ1) is 24.5. The van der Waals surface area contributed by atoms with Crippen molar-refractivity contribution in [2.45, 2.75) is 60.3 Å². The Morgan fingerprint density at radius 2 is 1.66 bits per heavy atom. The van der Waals surface area contributed by atoms with Gasteiger partial charge in [-0.05, 0) is 88.9 Å². The Balaban J connectivity index is 1.65. The van der Waals surface area contributed by atoms with Gasteiger partial charge in [-0.2, -0.15) is 0 Å². The summed E-state index contributed by atoms with van der Waals surface area (Å²) in [5.74, 6) is 1.46. The molecule has 3 nitrogen and oxygen atoms in total. The van der Waals surface area contributed by atoms with Crippen molar-refractivity contribution in [1.29, 1.82) is 0 Å². The highest BCUT2D eigenvalue weighted by Gasteiger charge is 2.22. The van der Waals surface area contributed by atoms with Crippen LogP contribution in [-0.2, 0) is 11.8 Å². The molecule has 3 heteroatoms. The molecule has 0 fully saturated rings. The second-order valence-electron chi connectivity index (χ2n) is 12.0. The Kier molecular flexibility index (Phi) is 5.72. The fourth-order valence-corrected chi connectivity index (χ4v) is 5.75. The van der Waals surface area contributed by atoms with Crippen LogP contribution in [0.4, 0.5) is 0 Å². The van der Waals surface area contributed by atoms with Gasteiger partial charge in [0.1, 0.15) is 11.3 Å². The lowest BCUT2D eigenvalue weighted by molar-refractivity contribution is 0.565. The largest absolute Gasteiger partial charge is 0.464 e. The molecule has 6 aromatic rings. The van der Waals surface area contributed by atoms with Crippen molar-refractivity contribution in [3.63, 3.8) is 0 Å². The van der Waals surface area contributed by atoms with Crippen molar-refractivity contribution in [2.75, 3.05) is 0 Å². The molecule has 192 valence electrons. The zero-order chi connectivity index (χ0) is 26.8. The summed E-state index contributed by atoms with van der Waals surface area (Å²) < 4.78 is 12.3. The number of aryl methyl sites for hydroxylation is 2. The summed E-state index contributed by atoms with van der Waals surface area (Å²) in [6, 6.07) is 22.0. The molecule has 0 unspecified atom stereocenters. The standard InChI is InChI=1S/C35H35NO2/c1-20(2)16-24-12-13-27(28-14-15-37-33(24)28)29-19-31(36-34-32(29)21(3)22(4)38-34)25-17-23-10-8-9-11-26(23)30(18-25)35(5,6)7/h8-15,17-20H,16H2,1-7H3. The highest BCUT2D eigenvalue weighted by atomic mass is 16.3. The molecule has 6 rings (SSSR count). The quantitative estimate of drug-likeness (QED) is 0.241. The van der Waals surface area contributed by atoms with Crippen LogP contribution in [0.3, 0.4) is 0 Å². The minimum absolute atomic E-state index is 0.00436. The monoisotopic (exact) mass is 501 g/mol. The second-order valence-corrected chi connectivity index (χ2v) is 12.0. The third-order valence-electron chi connectivity index (χ3n) is 7.72. The van der Waals surface area contributed by atoms with Crippen LogP contribution in [0.25, 0.3) is 55.2 Å². The molecule has 0 N–H and O–H groups in total. The van der Waals surface area contributed by atoms with Crippen LogP contribution in [0.1, 0.15) is 57.1 Å². The first-order valence-corrected chi connectivity index (χ1v) is 13.6. The number of pyridine rings is 1. The van der Waals surface area contributed by atoms with Gasteiger partial charge < -0.3 is 8.83 Å². The molecule has 3 aromatic carbocycles.